The molecule has 0 aromatic rings. The van der Waals surface area contributed by atoms with Gasteiger partial charge in [0.15, 0.2) is 0 Å². The number of hydrogen-bond acceptors (Lipinski definition) is 2. The van der Waals surface area contributed by atoms with Crippen LogP contribution in [0.5, 0.6) is 0 Å². The summed E-state index contributed by atoms with van der Waals surface area (Å²) in [6, 6.07) is 0.703. The van der Waals surface area contributed by atoms with E-state index < -0.39 is 0 Å². The lowest BCUT2D eigenvalue weighted by atomic mass is 9.80. The van der Waals surface area contributed by atoms with Crippen molar-refractivity contribution in [2.24, 2.45) is 11.3 Å². The SMILES string of the molecule is CC(=O)CN1CC(C)(C)C2CCCC21. The van der Waals surface area contributed by atoms with Gasteiger partial charge in [0.2, 0.25) is 0 Å². The van der Waals surface area contributed by atoms with Crippen molar-refractivity contribution in [3.8, 4) is 0 Å². The number of hydrogen-bond donors (Lipinski definition) is 0. The fraction of sp³-hybridized carbons (Fsp3) is 0.917. The highest BCUT2D eigenvalue weighted by atomic mass is 16.1. The molecule has 2 nitrogen and oxygen atoms in total. The zero-order valence-electron chi connectivity index (χ0n) is 9.55. The Hall–Kier alpha value is -0.370. The normalized spacial score (nSPS) is 35.9. The summed E-state index contributed by atoms with van der Waals surface area (Å²) in [6.45, 7) is 8.20. The second-order valence-corrected chi connectivity index (χ2v) is 5.70. The van der Waals surface area contributed by atoms with Gasteiger partial charge in [-0.05, 0) is 31.1 Å². The fourth-order valence-electron chi connectivity index (χ4n) is 3.51. The summed E-state index contributed by atoms with van der Waals surface area (Å²) >= 11 is 0. The molecule has 2 aliphatic rings. The van der Waals surface area contributed by atoms with Gasteiger partial charge in [-0.1, -0.05) is 20.3 Å². The van der Waals surface area contributed by atoms with Crippen molar-refractivity contribution in [2.45, 2.75) is 46.1 Å². The smallest absolute Gasteiger partial charge is 0.143 e. The Bertz CT molecular complexity index is 247. The molecule has 0 amide bonds. The van der Waals surface area contributed by atoms with E-state index in [-0.39, 0.29) is 0 Å². The summed E-state index contributed by atoms with van der Waals surface area (Å²) in [4.78, 5) is 13.6. The molecule has 0 N–H and O–H groups in total. The van der Waals surface area contributed by atoms with Crippen LogP contribution < -0.4 is 0 Å². The first-order chi connectivity index (χ1) is 6.50. The monoisotopic (exact) mass is 195 g/mol. The summed E-state index contributed by atoms with van der Waals surface area (Å²) in [5, 5.41) is 0. The van der Waals surface area contributed by atoms with E-state index >= 15 is 0 Å². The molecule has 0 aromatic heterocycles. The van der Waals surface area contributed by atoms with Gasteiger partial charge in [0.05, 0.1) is 6.54 Å². The maximum Gasteiger partial charge on any atom is 0.143 e. The summed E-state index contributed by atoms with van der Waals surface area (Å²) in [5.74, 6) is 1.15. The van der Waals surface area contributed by atoms with E-state index in [1.165, 1.54) is 19.3 Å². The molecular weight excluding hydrogens is 174 g/mol. The number of Topliss-reactive ketones (excluding diaryl/α,β-unsaturated/α-hetero) is 1. The van der Waals surface area contributed by atoms with E-state index in [4.69, 9.17) is 0 Å². The highest BCUT2D eigenvalue weighted by Gasteiger charge is 2.48. The maximum absolute atomic E-state index is 11.2. The third-order valence-corrected chi connectivity index (χ3v) is 3.99. The first-order valence-electron chi connectivity index (χ1n) is 5.74. The summed E-state index contributed by atoms with van der Waals surface area (Å²) in [5.41, 5.74) is 0.427. The van der Waals surface area contributed by atoms with Crippen LogP contribution in [-0.2, 0) is 4.79 Å². The molecule has 1 heterocycles. The van der Waals surface area contributed by atoms with Crippen molar-refractivity contribution in [2.75, 3.05) is 13.1 Å². The maximum atomic E-state index is 11.2. The fourth-order valence-corrected chi connectivity index (χ4v) is 3.51. The molecule has 14 heavy (non-hydrogen) atoms. The van der Waals surface area contributed by atoms with Crippen LogP contribution in [0.25, 0.3) is 0 Å². The molecule has 1 saturated carbocycles. The Balaban J connectivity index is 2.10. The standard InChI is InChI=1S/C12H21NO/c1-9(14)7-13-8-12(2,3)10-5-4-6-11(10)13/h10-11H,4-8H2,1-3H3. The van der Waals surface area contributed by atoms with Gasteiger partial charge < -0.3 is 0 Å². The largest absolute Gasteiger partial charge is 0.299 e. The van der Waals surface area contributed by atoms with Crippen LogP contribution in [0.2, 0.25) is 0 Å². The van der Waals surface area contributed by atoms with E-state index in [1.54, 1.807) is 6.92 Å². The molecule has 80 valence electrons. The van der Waals surface area contributed by atoms with E-state index in [9.17, 15) is 4.79 Å². The number of carbonyl (C=O) groups is 1. The Morgan fingerprint density at radius 2 is 2.14 bits per heavy atom. The van der Waals surface area contributed by atoms with Crippen LogP contribution in [0.3, 0.4) is 0 Å². The second kappa shape index (κ2) is 3.34. The molecule has 0 aromatic carbocycles. The highest BCUT2D eigenvalue weighted by Crippen LogP contribution is 2.48. The number of likely N-dealkylation sites (tertiary alicyclic amines) is 1. The highest BCUT2D eigenvalue weighted by molar-refractivity contribution is 5.77. The average Bonchev–Trinajstić information content (AvgIpc) is 2.55. The third-order valence-electron chi connectivity index (χ3n) is 3.99. The van der Waals surface area contributed by atoms with Crippen LogP contribution >= 0.6 is 0 Å². The lowest BCUT2D eigenvalue weighted by Gasteiger charge is -2.24. The van der Waals surface area contributed by atoms with Gasteiger partial charge in [-0.25, -0.2) is 0 Å². The summed E-state index contributed by atoms with van der Waals surface area (Å²) < 4.78 is 0. The van der Waals surface area contributed by atoms with E-state index in [2.05, 4.69) is 18.7 Å². The summed E-state index contributed by atoms with van der Waals surface area (Å²) in [6.07, 6.45) is 4.03. The molecule has 0 spiro atoms. The lowest BCUT2D eigenvalue weighted by molar-refractivity contribution is -0.118. The van der Waals surface area contributed by atoms with Crippen molar-refractivity contribution in [1.82, 2.24) is 4.90 Å². The summed E-state index contributed by atoms with van der Waals surface area (Å²) in [7, 11) is 0. The minimum Gasteiger partial charge on any atom is -0.299 e. The van der Waals surface area contributed by atoms with Crippen LogP contribution in [0.15, 0.2) is 0 Å². The molecule has 2 heteroatoms. The lowest BCUT2D eigenvalue weighted by Crippen LogP contribution is -2.34. The zero-order valence-corrected chi connectivity index (χ0v) is 9.55. The third kappa shape index (κ3) is 1.60. The number of nitrogens with zero attached hydrogens (tertiary/aromatic N) is 1. The van der Waals surface area contributed by atoms with Gasteiger partial charge in [0, 0.05) is 12.6 Å². The van der Waals surface area contributed by atoms with E-state index in [0.717, 1.165) is 12.5 Å². The molecule has 2 rings (SSSR count). The molecule has 1 aliphatic heterocycles. The Kier molecular flexibility index (Phi) is 2.42. The number of rotatable bonds is 2. The molecule has 1 saturated heterocycles. The second-order valence-electron chi connectivity index (χ2n) is 5.70. The average molecular weight is 195 g/mol. The van der Waals surface area contributed by atoms with Crippen molar-refractivity contribution in [1.29, 1.82) is 0 Å². The van der Waals surface area contributed by atoms with Crippen LogP contribution in [0, 0.1) is 11.3 Å². The van der Waals surface area contributed by atoms with E-state index in [0.29, 0.717) is 23.8 Å². The quantitative estimate of drug-likeness (QED) is 0.672. The van der Waals surface area contributed by atoms with Crippen molar-refractivity contribution in [3.63, 3.8) is 0 Å². The Labute approximate surface area is 86.7 Å². The van der Waals surface area contributed by atoms with E-state index in [1.807, 2.05) is 0 Å². The van der Waals surface area contributed by atoms with Crippen LogP contribution in [-0.4, -0.2) is 29.8 Å². The molecule has 0 radical (unpaired) electrons. The number of fused-ring (bicyclic) bond motifs is 1. The first-order valence-corrected chi connectivity index (χ1v) is 5.74. The predicted molar refractivity (Wildman–Crippen MR) is 57.2 cm³/mol. The first kappa shape index (κ1) is 10.2. The van der Waals surface area contributed by atoms with Crippen molar-refractivity contribution >= 4 is 5.78 Å². The minimum atomic E-state index is 0.313. The van der Waals surface area contributed by atoms with Gasteiger partial charge in [0.1, 0.15) is 5.78 Å². The molecule has 2 unspecified atom stereocenters. The molecule has 2 fully saturated rings. The zero-order chi connectivity index (χ0) is 10.3. The minimum absolute atomic E-state index is 0.313. The van der Waals surface area contributed by atoms with Crippen molar-refractivity contribution < 1.29 is 4.79 Å². The van der Waals surface area contributed by atoms with Gasteiger partial charge in [-0.15, -0.1) is 0 Å². The molecule has 2 atom stereocenters. The predicted octanol–water partition coefficient (Wildman–Crippen LogP) is 2.09. The van der Waals surface area contributed by atoms with Gasteiger partial charge in [0.25, 0.3) is 0 Å². The van der Waals surface area contributed by atoms with Crippen LogP contribution in [0.4, 0.5) is 0 Å². The van der Waals surface area contributed by atoms with Gasteiger partial charge in [-0.2, -0.15) is 0 Å². The number of ketones is 1. The van der Waals surface area contributed by atoms with Gasteiger partial charge in [-0.3, -0.25) is 9.69 Å². The number of carbonyl (C=O) groups excluding carboxylic acids is 1. The van der Waals surface area contributed by atoms with Crippen molar-refractivity contribution in [3.05, 3.63) is 0 Å². The van der Waals surface area contributed by atoms with Gasteiger partial charge >= 0.3 is 0 Å². The molecule has 0 bridgehead atoms. The topological polar surface area (TPSA) is 20.3 Å². The Morgan fingerprint density at radius 3 is 2.79 bits per heavy atom. The molecule has 1 aliphatic carbocycles. The van der Waals surface area contributed by atoms with Crippen LogP contribution in [0.1, 0.15) is 40.0 Å². The molecular formula is C12H21NO. The Morgan fingerprint density at radius 1 is 1.43 bits per heavy atom.